The van der Waals surface area contributed by atoms with Crippen LogP contribution in [-0.2, 0) is 10.2 Å². The van der Waals surface area contributed by atoms with Crippen LogP contribution in [0, 0.1) is 15.9 Å². The Balaban J connectivity index is 1.44. The summed E-state index contributed by atoms with van der Waals surface area (Å²) < 4.78 is 16.7. The summed E-state index contributed by atoms with van der Waals surface area (Å²) in [6.45, 7) is 8.62. The Kier molecular flexibility index (Phi) is 9.00. The lowest BCUT2D eigenvalue weighted by molar-refractivity contribution is -0.384. The zero-order chi connectivity index (χ0) is 35.7. The van der Waals surface area contributed by atoms with Crippen molar-refractivity contribution < 1.29 is 24.0 Å². The zero-order valence-corrected chi connectivity index (χ0v) is 27.5. The standard InChI is InChI=1S/C36H29ClFN7O5/c1-21(7-16-27-30(44-20-39-41-42-44)18-17-29(37)32(27)38)43-19-36(2,3)31-26(22-10-14-25(15-11-22)45(49)50)5-4-6-28(31)33(43)34(46)40-24-12-8-23(9-13-24)35(47)48/h4-18,20,33H,1,19H2,2-3H3,(H,40,46)(H,47,48)/b16-7+. The number of nitro groups is 1. The monoisotopic (exact) mass is 693 g/mol. The number of allylic oxidation sites excluding steroid dienone is 1. The number of carboxylic acids is 1. The fourth-order valence-corrected chi connectivity index (χ4v) is 6.40. The van der Waals surface area contributed by atoms with Crippen LogP contribution in [0.4, 0.5) is 15.8 Å². The highest BCUT2D eigenvalue weighted by Gasteiger charge is 2.43. The van der Waals surface area contributed by atoms with Gasteiger partial charge in [-0.3, -0.25) is 14.9 Å². The molecule has 1 aromatic heterocycles. The number of carbonyl (C=O) groups is 2. The molecule has 0 spiro atoms. The first-order chi connectivity index (χ1) is 23.9. The van der Waals surface area contributed by atoms with Crippen LogP contribution in [0.15, 0.2) is 104 Å². The molecule has 0 fully saturated rings. The van der Waals surface area contributed by atoms with Crippen LogP contribution in [0.1, 0.15) is 46.9 Å². The molecule has 0 bridgehead atoms. The minimum Gasteiger partial charge on any atom is -0.478 e. The summed E-state index contributed by atoms with van der Waals surface area (Å²) in [6.07, 6.45) is 4.41. The van der Waals surface area contributed by atoms with Crippen molar-refractivity contribution in [1.29, 1.82) is 0 Å². The smallest absolute Gasteiger partial charge is 0.335 e. The number of aromatic nitrogens is 4. The van der Waals surface area contributed by atoms with Crippen LogP contribution in [0.5, 0.6) is 0 Å². The SMILES string of the molecule is C=C(/C=C/c1c(-n2cnnn2)ccc(Cl)c1F)N1CC(C)(C)c2c(-c3ccc([N+](=O)[O-])cc3)cccc2C1C(=O)Nc1ccc(C(=O)O)cc1. The summed E-state index contributed by atoms with van der Waals surface area (Å²) in [5, 5.41) is 34.6. The van der Waals surface area contributed by atoms with Gasteiger partial charge in [0.15, 0.2) is 5.82 Å². The van der Waals surface area contributed by atoms with E-state index in [4.69, 9.17) is 11.6 Å². The van der Waals surface area contributed by atoms with Gasteiger partial charge in [-0.2, -0.15) is 4.68 Å². The van der Waals surface area contributed by atoms with E-state index < -0.39 is 34.1 Å². The maximum Gasteiger partial charge on any atom is 0.335 e. The Morgan fingerprint density at radius 2 is 1.82 bits per heavy atom. The molecule has 1 amide bonds. The predicted molar refractivity (Wildman–Crippen MR) is 185 cm³/mol. The van der Waals surface area contributed by atoms with Gasteiger partial charge in [-0.25, -0.2) is 9.18 Å². The van der Waals surface area contributed by atoms with E-state index in [1.54, 1.807) is 24.3 Å². The molecule has 0 aliphatic carbocycles. The number of hydrogen-bond acceptors (Lipinski definition) is 8. The second kappa shape index (κ2) is 13.4. The third-order valence-corrected chi connectivity index (χ3v) is 8.79. The number of nitrogens with zero attached hydrogens (tertiary/aromatic N) is 6. The van der Waals surface area contributed by atoms with Crippen molar-refractivity contribution >= 4 is 40.9 Å². The molecular weight excluding hydrogens is 665 g/mol. The van der Waals surface area contributed by atoms with Gasteiger partial charge in [0.2, 0.25) is 0 Å². The fourth-order valence-electron chi connectivity index (χ4n) is 6.24. The van der Waals surface area contributed by atoms with Crippen molar-refractivity contribution in [3.63, 3.8) is 0 Å². The van der Waals surface area contributed by atoms with Crippen molar-refractivity contribution in [3.05, 3.63) is 147 Å². The number of non-ortho nitro benzene ring substituents is 1. The predicted octanol–water partition coefficient (Wildman–Crippen LogP) is 7.23. The van der Waals surface area contributed by atoms with E-state index in [2.05, 4.69) is 27.4 Å². The number of benzene rings is 4. The molecule has 2 N–H and O–H groups in total. The minimum absolute atomic E-state index is 0.0439. The summed E-state index contributed by atoms with van der Waals surface area (Å²) >= 11 is 6.14. The molecule has 1 unspecified atom stereocenters. The molecular formula is C36H29ClFN7O5. The number of rotatable bonds is 9. The van der Waals surface area contributed by atoms with Gasteiger partial charge < -0.3 is 15.3 Å². The van der Waals surface area contributed by atoms with Gasteiger partial charge in [-0.05, 0) is 93.4 Å². The number of amides is 1. The molecule has 50 heavy (non-hydrogen) atoms. The third kappa shape index (κ3) is 6.45. The second-order valence-electron chi connectivity index (χ2n) is 12.2. The number of hydrogen-bond donors (Lipinski definition) is 2. The van der Waals surface area contributed by atoms with E-state index in [1.807, 2.05) is 36.9 Å². The number of nitrogens with one attached hydrogen (secondary N) is 1. The lowest BCUT2D eigenvalue weighted by Crippen LogP contribution is -2.48. The lowest BCUT2D eigenvalue weighted by atomic mass is 9.72. The quantitative estimate of drug-likeness (QED) is 0.0924. The van der Waals surface area contributed by atoms with E-state index in [0.717, 1.165) is 16.7 Å². The van der Waals surface area contributed by atoms with Crippen molar-refractivity contribution in [2.24, 2.45) is 0 Å². The number of halogens is 2. The van der Waals surface area contributed by atoms with Crippen molar-refractivity contribution in [3.8, 4) is 16.8 Å². The van der Waals surface area contributed by atoms with Gasteiger partial charge in [-0.1, -0.05) is 50.2 Å². The number of carboxylic acid groups (broad SMARTS) is 1. The molecule has 252 valence electrons. The summed E-state index contributed by atoms with van der Waals surface area (Å²) in [6, 6.07) is 19.6. The normalized spacial score (nSPS) is 15.0. The van der Waals surface area contributed by atoms with Gasteiger partial charge in [0.1, 0.15) is 12.4 Å². The first kappa shape index (κ1) is 33.7. The first-order valence-electron chi connectivity index (χ1n) is 15.2. The molecule has 4 aromatic carbocycles. The van der Waals surface area contributed by atoms with Crippen LogP contribution < -0.4 is 5.32 Å². The summed E-state index contributed by atoms with van der Waals surface area (Å²) in [4.78, 5) is 38.4. The highest BCUT2D eigenvalue weighted by Crippen LogP contribution is 2.46. The molecule has 6 rings (SSSR count). The summed E-state index contributed by atoms with van der Waals surface area (Å²) in [5.41, 5.74) is 3.69. The van der Waals surface area contributed by atoms with Crippen molar-refractivity contribution in [2.45, 2.75) is 25.3 Å². The topological polar surface area (TPSA) is 156 Å². The number of aromatic carboxylic acids is 1. The molecule has 0 radical (unpaired) electrons. The van der Waals surface area contributed by atoms with Crippen LogP contribution in [-0.4, -0.2) is 53.6 Å². The first-order valence-corrected chi connectivity index (χ1v) is 15.6. The van der Waals surface area contributed by atoms with Crippen LogP contribution in [0.25, 0.3) is 22.9 Å². The van der Waals surface area contributed by atoms with Crippen molar-refractivity contribution in [2.75, 3.05) is 11.9 Å². The Morgan fingerprint density at radius 3 is 2.46 bits per heavy atom. The van der Waals surface area contributed by atoms with Crippen molar-refractivity contribution in [1.82, 2.24) is 25.1 Å². The molecule has 5 aromatic rings. The number of nitro benzene ring substituents is 1. The lowest BCUT2D eigenvalue weighted by Gasteiger charge is -2.47. The van der Waals surface area contributed by atoms with Crippen LogP contribution >= 0.6 is 11.6 Å². The van der Waals surface area contributed by atoms with Gasteiger partial charge in [-0.15, -0.1) is 5.10 Å². The summed E-state index contributed by atoms with van der Waals surface area (Å²) in [7, 11) is 0. The zero-order valence-electron chi connectivity index (χ0n) is 26.7. The largest absolute Gasteiger partial charge is 0.478 e. The molecule has 1 aliphatic rings. The van der Waals surface area contributed by atoms with Crippen LogP contribution in [0.3, 0.4) is 0 Å². The average Bonchev–Trinajstić information content (AvgIpc) is 3.63. The highest BCUT2D eigenvalue weighted by molar-refractivity contribution is 6.31. The summed E-state index contributed by atoms with van der Waals surface area (Å²) in [5.74, 6) is -2.22. The van der Waals surface area contributed by atoms with E-state index in [1.165, 1.54) is 59.5 Å². The van der Waals surface area contributed by atoms with Gasteiger partial charge in [0.25, 0.3) is 11.6 Å². The van der Waals surface area contributed by atoms with E-state index in [0.29, 0.717) is 29.2 Å². The maximum atomic E-state index is 15.4. The van der Waals surface area contributed by atoms with Gasteiger partial charge >= 0.3 is 5.97 Å². The number of tetrazole rings is 1. The van der Waals surface area contributed by atoms with Gasteiger partial charge in [0, 0.05) is 41.0 Å². The fraction of sp³-hybridized carbons (Fsp3) is 0.139. The molecule has 1 atom stereocenters. The van der Waals surface area contributed by atoms with E-state index in [-0.39, 0.29) is 21.8 Å². The number of fused-ring (bicyclic) bond motifs is 1. The Morgan fingerprint density at radius 1 is 1.10 bits per heavy atom. The molecule has 2 heterocycles. The average molecular weight is 694 g/mol. The Hall–Kier alpha value is -6.21. The maximum absolute atomic E-state index is 15.4. The molecule has 1 aliphatic heterocycles. The number of anilines is 1. The second-order valence-corrected chi connectivity index (χ2v) is 12.6. The molecule has 12 nitrogen and oxygen atoms in total. The van der Waals surface area contributed by atoms with Crippen LogP contribution in [0.2, 0.25) is 5.02 Å². The minimum atomic E-state index is -1.10. The van der Waals surface area contributed by atoms with Gasteiger partial charge in [0.05, 0.1) is 21.2 Å². The number of carbonyl (C=O) groups excluding carboxylic acids is 1. The molecule has 14 heteroatoms. The highest BCUT2D eigenvalue weighted by atomic mass is 35.5. The van der Waals surface area contributed by atoms with E-state index in [9.17, 15) is 24.8 Å². The Bertz CT molecular complexity index is 2170. The van der Waals surface area contributed by atoms with E-state index >= 15 is 4.39 Å². The molecule has 0 saturated heterocycles. The third-order valence-electron chi connectivity index (χ3n) is 8.50. The Labute approximate surface area is 290 Å². The molecule has 0 saturated carbocycles.